The van der Waals surface area contributed by atoms with Crippen molar-refractivity contribution in [3.8, 4) is 0 Å². The van der Waals surface area contributed by atoms with E-state index in [0.29, 0.717) is 6.04 Å². The summed E-state index contributed by atoms with van der Waals surface area (Å²) in [7, 11) is 0. The third-order valence-corrected chi connectivity index (χ3v) is 5.09. The minimum atomic E-state index is 0.234. The van der Waals surface area contributed by atoms with Gasteiger partial charge in [0.25, 0.3) is 0 Å². The second-order valence-corrected chi connectivity index (χ2v) is 7.04. The van der Waals surface area contributed by atoms with Gasteiger partial charge in [0.05, 0.1) is 12.1 Å². The van der Waals surface area contributed by atoms with Crippen molar-refractivity contribution in [1.29, 1.82) is 0 Å². The fraction of sp³-hybridized carbons (Fsp3) is 0.941. The fourth-order valence-electron chi connectivity index (χ4n) is 4.11. The van der Waals surface area contributed by atoms with Gasteiger partial charge in [-0.2, -0.15) is 0 Å². The van der Waals surface area contributed by atoms with Gasteiger partial charge in [-0.3, -0.25) is 4.99 Å². The second-order valence-electron chi connectivity index (χ2n) is 7.04. The molecule has 116 valence electrons. The summed E-state index contributed by atoms with van der Waals surface area (Å²) >= 11 is 0. The van der Waals surface area contributed by atoms with Crippen LogP contribution in [-0.4, -0.2) is 29.0 Å². The zero-order chi connectivity index (χ0) is 14.4. The van der Waals surface area contributed by atoms with Crippen molar-refractivity contribution in [2.45, 2.75) is 96.1 Å². The van der Waals surface area contributed by atoms with Gasteiger partial charge in [0.2, 0.25) is 0 Å². The summed E-state index contributed by atoms with van der Waals surface area (Å²) in [5.41, 5.74) is 6.41. The molecule has 1 fully saturated rings. The van der Waals surface area contributed by atoms with E-state index in [1.54, 1.807) is 0 Å². The Morgan fingerprint density at radius 1 is 0.900 bits per heavy atom. The smallest absolute Gasteiger partial charge is 0.192 e. The summed E-state index contributed by atoms with van der Waals surface area (Å²) < 4.78 is 0. The summed E-state index contributed by atoms with van der Waals surface area (Å²) in [6, 6.07) is 0.467. The molecule has 0 aromatic rings. The van der Waals surface area contributed by atoms with E-state index in [4.69, 9.17) is 5.73 Å². The van der Waals surface area contributed by atoms with Crippen LogP contribution >= 0.6 is 0 Å². The highest BCUT2D eigenvalue weighted by molar-refractivity contribution is 5.81. The molecule has 2 N–H and O–H groups in total. The highest BCUT2D eigenvalue weighted by Crippen LogP contribution is 2.35. The van der Waals surface area contributed by atoms with Gasteiger partial charge in [-0.15, -0.1) is 0 Å². The Balaban J connectivity index is 2.04. The lowest BCUT2D eigenvalue weighted by Gasteiger charge is -2.42. The van der Waals surface area contributed by atoms with Gasteiger partial charge in [0.1, 0.15) is 0 Å². The summed E-state index contributed by atoms with van der Waals surface area (Å²) in [6.07, 6.45) is 15.1. The minimum Gasteiger partial charge on any atom is -0.370 e. The Labute approximate surface area is 125 Å². The van der Waals surface area contributed by atoms with E-state index < -0.39 is 0 Å². The first-order chi connectivity index (χ1) is 9.66. The third kappa shape index (κ3) is 3.67. The topological polar surface area (TPSA) is 41.6 Å². The first-order valence-electron chi connectivity index (χ1n) is 8.75. The van der Waals surface area contributed by atoms with Gasteiger partial charge in [0, 0.05) is 6.04 Å². The van der Waals surface area contributed by atoms with E-state index in [1.165, 1.54) is 70.6 Å². The fourth-order valence-corrected chi connectivity index (χ4v) is 4.11. The largest absolute Gasteiger partial charge is 0.370 e. The van der Waals surface area contributed by atoms with E-state index in [2.05, 4.69) is 23.7 Å². The number of hydrogen-bond acceptors (Lipinski definition) is 3. The van der Waals surface area contributed by atoms with Gasteiger partial charge < -0.3 is 10.6 Å². The van der Waals surface area contributed by atoms with Crippen molar-refractivity contribution < 1.29 is 0 Å². The molecule has 0 unspecified atom stereocenters. The van der Waals surface area contributed by atoms with Gasteiger partial charge in [0.15, 0.2) is 5.96 Å². The average Bonchev–Trinajstić information content (AvgIpc) is 2.72. The van der Waals surface area contributed by atoms with Crippen LogP contribution < -0.4 is 5.73 Å². The van der Waals surface area contributed by atoms with Crippen LogP contribution in [0.2, 0.25) is 0 Å². The maximum atomic E-state index is 6.18. The maximum absolute atomic E-state index is 6.18. The molecule has 3 heteroatoms. The molecule has 1 aliphatic carbocycles. The Morgan fingerprint density at radius 3 is 1.80 bits per heavy atom. The lowest BCUT2D eigenvalue weighted by Crippen LogP contribution is -2.54. The quantitative estimate of drug-likeness (QED) is 0.786. The van der Waals surface area contributed by atoms with Crippen LogP contribution in [0.5, 0.6) is 0 Å². The van der Waals surface area contributed by atoms with Crippen molar-refractivity contribution in [1.82, 2.24) is 4.90 Å². The monoisotopic (exact) mass is 279 g/mol. The second kappa shape index (κ2) is 7.33. The standard InChI is InChI=1S/C17H33N3/c1-15(2)20-16(18)19-14-17(20)12-10-8-6-4-3-5-7-9-11-13-17/h15H,3-14H2,1-2H3,(H2,18,19). The maximum Gasteiger partial charge on any atom is 0.192 e. The number of hydrogen-bond donors (Lipinski definition) is 1. The summed E-state index contributed by atoms with van der Waals surface area (Å²) in [6.45, 7) is 5.44. The van der Waals surface area contributed by atoms with E-state index in [-0.39, 0.29) is 5.54 Å². The molecule has 0 atom stereocenters. The third-order valence-electron chi connectivity index (χ3n) is 5.09. The van der Waals surface area contributed by atoms with Crippen LogP contribution in [0.15, 0.2) is 4.99 Å². The predicted molar refractivity (Wildman–Crippen MR) is 87.0 cm³/mol. The van der Waals surface area contributed by atoms with Crippen molar-refractivity contribution in [3.05, 3.63) is 0 Å². The molecule has 20 heavy (non-hydrogen) atoms. The molecule has 1 heterocycles. The molecule has 1 spiro atoms. The molecule has 3 nitrogen and oxygen atoms in total. The highest BCUT2D eigenvalue weighted by Gasteiger charge is 2.42. The molecule has 0 aromatic carbocycles. The van der Waals surface area contributed by atoms with Gasteiger partial charge in [-0.1, -0.05) is 57.8 Å². The zero-order valence-corrected chi connectivity index (χ0v) is 13.5. The zero-order valence-electron chi connectivity index (χ0n) is 13.5. The Hall–Kier alpha value is -0.730. The highest BCUT2D eigenvalue weighted by atomic mass is 15.4. The molecule has 2 aliphatic rings. The van der Waals surface area contributed by atoms with Crippen LogP contribution in [-0.2, 0) is 0 Å². The van der Waals surface area contributed by atoms with Gasteiger partial charge in [-0.25, -0.2) is 0 Å². The van der Waals surface area contributed by atoms with Crippen molar-refractivity contribution in [2.24, 2.45) is 10.7 Å². The van der Waals surface area contributed by atoms with Crippen LogP contribution in [0, 0.1) is 0 Å². The number of guanidine groups is 1. The molecule has 0 aromatic heterocycles. The normalized spacial score (nSPS) is 25.4. The Kier molecular flexibility index (Phi) is 5.74. The average molecular weight is 279 g/mol. The van der Waals surface area contributed by atoms with Crippen LogP contribution in [0.25, 0.3) is 0 Å². The number of rotatable bonds is 1. The SMILES string of the molecule is CC(C)N1C(N)=NCC12CCCCCCCCCCC2. The lowest BCUT2D eigenvalue weighted by molar-refractivity contribution is 0.132. The van der Waals surface area contributed by atoms with Crippen LogP contribution in [0.1, 0.15) is 84.5 Å². The number of nitrogens with zero attached hydrogens (tertiary/aromatic N) is 2. The van der Waals surface area contributed by atoms with E-state index in [1.807, 2.05) is 0 Å². The summed E-state index contributed by atoms with van der Waals surface area (Å²) in [5, 5.41) is 0. The van der Waals surface area contributed by atoms with Gasteiger partial charge in [-0.05, 0) is 26.7 Å². The van der Waals surface area contributed by atoms with E-state index in [0.717, 1.165) is 12.5 Å². The molecule has 0 radical (unpaired) electrons. The predicted octanol–water partition coefficient (Wildman–Crippen LogP) is 4.07. The molecule has 2 rings (SSSR count). The molecular formula is C17H33N3. The molecule has 1 saturated carbocycles. The van der Waals surface area contributed by atoms with E-state index in [9.17, 15) is 0 Å². The molecule has 0 bridgehead atoms. The Bertz CT molecular complexity index is 310. The summed E-state index contributed by atoms with van der Waals surface area (Å²) in [4.78, 5) is 7.03. The molecule has 1 aliphatic heterocycles. The minimum absolute atomic E-state index is 0.234. The first kappa shape index (κ1) is 15.7. The summed E-state index contributed by atoms with van der Waals surface area (Å²) in [5.74, 6) is 0.784. The van der Waals surface area contributed by atoms with Gasteiger partial charge >= 0.3 is 0 Å². The number of aliphatic imine (C=N–C) groups is 1. The van der Waals surface area contributed by atoms with E-state index >= 15 is 0 Å². The number of nitrogens with two attached hydrogens (primary N) is 1. The van der Waals surface area contributed by atoms with Crippen molar-refractivity contribution >= 4 is 5.96 Å². The Morgan fingerprint density at radius 2 is 1.35 bits per heavy atom. The molecule has 0 saturated heterocycles. The van der Waals surface area contributed by atoms with Crippen LogP contribution in [0.4, 0.5) is 0 Å². The molecular weight excluding hydrogens is 246 g/mol. The first-order valence-corrected chi connectivity index (χ1v) is 8.75. The van der Waals surface area contributed by atoms with Crippen molar-refractivity contribution in [2.75, 3.05) is 6.54 Å². The van der Waals surface area contributed by atoms with Crippen molar-refractivity contribution in [3.63, 3.8) is 0 Å². The van der Waals surface area contributed by atoms with Crippen LogP contribution in [0.3, 0.4) is 0 Å². The lowest BCUT2D eigenvalue weighted by atomic mass is 9.84. The molecule has 0 amide bonds.